The Bertz CT molecular complexity index is 1420. The molecule has 0 aliphatic carbocycles. The minimum atomic E-state index is -0.287. The first kappa shape index (κ1) is 19.6. The van der Waals surface area contributed by atoms with Gasteiger partial charge in [-0.2, -0.15) is 10.1 Å². The molecule has 2 aliphatic rings. The average molecular weight is 444 g/mol. The van der Waals surface area contributed by atoms with E-state index in [0.29, 0.717) is 43.3 Å². The van der Waals surface area contributed by atoms with E-state index in [0.717, 1.165) is 33.6 Å². The van der Waals surface area contributed by atoms with Gasteiger partial charge < -0.3 is 21.1 Å². The van der Waals surface area contributed by atoms with E-state index < -0.39 is 0 Å². The maximum Gasteiger partial charge on any atom is 0.222 e. The van der Waals surface area contributed by atoms with E-state index in [9.17, 15) is 4.39 Å². The van der Waals surface area contributed by atoms with Crippen LogP contribution in [0, 0.1) is 5.82 Å². The molecule has 1 fully saturated rings. The van der Waals surface area contributed by atoms with Gasteiger partial charge in [0.15, 0.2) is 5.82 Å². The molecule has 4 aromatic rings. The topological polar surface area (TPSA) is 131 Å². The normalized spacial score (nSPS) is 17.9. The van der Waals surface area contributed by atoms with E-state index >= 15 is 0 Å². The number of rotatable bonds is 3. The molecule has 10 heteroatoms. The van der Waals surface area contributed by atoms with Crippen molar-refractivity contribution >= 4 is 39.9 Å². The van der Waals surface area contributed by atoms with E-state index in [1.54, 1.807) is 6.07 Å². The molecule has 9 nitrogen and oxygen atoms in total. The summed E-state index contributed by atoms with van der Waals surface area (Å²) in [5.41, 5.74) is 16.9. The van der Waals surface area contributed by atoms with Crippen LogP contribution in [0.15, 0.2) is 47.5 Å². The molecule has 2 aliphatic heterocycles. The number of anilines is 3. The smallest absolute Gasteiger partial charge is 0.222 e. The second kappa shape index (κ2) is 7.52. The lowest BCUT2D eigenvalue weighted by molar-refractivity contribution is 0.0829. The molecule has 6 rings (SSSR count). The van der Waals surface area contributed by atoms with Crippen LogP contribution >= 0.6 is 0 Å². The highest BCUT2D eigenvalue weighted by Gasteiger charge is 2.29. The summed E-state index contributed by atoms with van der Waals surface area (Å²) >= 11 is 0. The molecule has 166 valence electrons. The van der Waals surface area contributed by atoms with Gasteiger partial charge in [-0.1, -0.05) is 12.1 Å². The number of hydrogen-bond donors (Lipinski definition) is 3. The first-order valence-corrected chi connectivity index (χ1v) is 10.6. The Balaban J connectivity index is 1.28. The molecule has 1 saturated heterocycles. The molecule has 2 aromatic carbocycles. The van der Waals surface area contributed by atoms with Crippen LogP contribution in [0.2, 0.25) is 0 Å². The SMILES string of the molecule is Nc1nc(-c2ccc3c(N)n[nH]c3c2)cc(N2CCOC(C3=Nc4cc(F)ccc4C3)C2)n1. The van der Waals surface area contributed by atoms with Crippen molar-refractivity contribution in [2.75, 3.05) is 36.1 Å². The maximum absolute atomic E-state index is 13.6. The number of nitrogen functional groups attached to an aromatic ring is 2. The fraction of sp³-hybridized carbons (Fsp3) is 0.217. The average Bonchev–Trinajstić information content (AvgIpc) is 3.41. The number of H-pyrrole nitrogens is 1. The van der Waals surface area contributed by atoms with Crippen LogP contribution in [-0.4, -0.2) is 51.7 Å². The largest absolute Gasteiger partial charge is 0.382 e. The van der Waals surface area contributed by atoms with Gasteiger partial charge in [0.05, 0.1) is 35.8 Å². The van der Waals surface area contributed by atoms with E-state index in [1.165, 1.54) is 12.1 Å². The number of nitrogens with zero attached hydrogens (tertiary/aromatic N) is 5. The lowest BCUT2D eigenvalue weighted by atomic mass is 10.1. The Kier molecular flexibility index (Phi) is 4.47. The van der Waals surface area contributed by atoms with Gasteiger partial charge in [-0.3, -0.25) is 10.1 Å². The van der Waals surface area contributed by atoms with Gasteiger partial charge in [-0.25, -0.2) is 9.37 Å². The van der Waals surface area contributed by atoms with Crippen LogP contribution in [0.5, 0.6) is 0 Å². The highest BCUT2D eigenvalue weighted by atomic mass is 19.1. The Morgan fingerprint density at radius 1 is 1.09 bits per heavy atom. The summed E-state index contributed by atoms with van der Waals surface area (Å²) < 4.78 is 19.6. The van der Waals surface area contributed by atoms with Crippen molar-refractivity contribution in [1.29, 1.82) is 0 Å². The van der Waals surface area contributed by atoms with Gasteiger partial charge in [-0.05, 0) is 29.8 Å². The van der Waals surface area contributed by atoms with Crippen molar-refractivity contribution in [1.82, 2.24) is 20.2 Å². The molecule has 5 N–H and O–H groups in total. The molecule has 0 spiro atoms. The molecule has 0 bridgehead atoms. The van der Waals surface area contributed by atoms with Crippen LogP contribution in [0.4, 0.5) is 27.7 Å². The summed E-state index contributed by atoms with van der Waals surface area (Å²) in [7, 11) is 0. The Morgan fingerprint density at radius 3 is 2.91 bits per heavy atom. The van der Waals surface area contributed by atoms with Gasteiger partial charge in [0, 0.05) is 30.0 Å². The Morgan fingerprint density at radius 2 is 2.00 bits per heavy atom. The predicted octanol–water partition coefficient (Wildman–Crippen LogP) is 2.86. The number of nitrogens with one attached hydrogen (secondary N) is 1. The third kappa shape index (κ3) is 3.54. The number of aliphatic imine (C=N–C) groups is 1. The molecular formula is C23H21FN8O. The Labute approximate surface area is 188 Å². The van der Waals surface area contributed by atoms with Gasteiger partial charge in [-0.15, -0.1) is 0 Å². The summed E-state index contributed by atoms with van der Waals surface area (Å²) in [4.78, 5) is 15.6. The van der Waals surface area contributed by atoms with Crippen molar-refractivity contribution < 1.29 is 9.13 Å². The lowest BCUT2D eigenvalue weighted by Crippen LogP contribution is -2.46. The summed E-state index contributed by atoms with van der Waals surface area (Å²) in [6, 6.07) is 12.4. The van der Waals surface area contributed by atoms with Crippen LogP contribution < -0.4 is 16.4 Å². The zero-order valence-electron chi connectivity index (χ0n) is 17.6. The monoisotopic (exact) mass is 444 g/mol. The fourth-order valence-electron chi connectivity index (χ4n) is 4.39. The third-order valence-corrected chi connectivity index (χ3v) is 6.06. The highest BCUT2D eigenvalue weighted by Crippen LogP contribution is 2.31. The number of aromatic amines is 1. The summed E-state index contributed by atoms with van der Waals surface area (Å²) in [6.07, 6.45) is 0.441. The first-order chi connectivity index (χ1) is 16.0. The first-order valence-electron chi connectivity index (χ1n) is 10.6. The molecule has 2 aromatic heterocycles. The number of nitrogens with two attached hydrogens (primary N) is 2. The van der Waals surface area contributed by atoms with Gasteiger partial charge >= 0.3 is 0 Å². The van der Waals surface area contributed by atoms with Crippen molar-refractivity contribution in [3.8, 4) is 11.3 Å². The molecule has 1 atom stereocenters. The molecule has 33 heavy (non-hydrogen) atoms. The van der Waals surface area contributed by atoms with Crippen molar-refractivity contribution in [2.45, 2.75) is 12.5 Å². The minimum Gasteiger partial charge on any atom is -0.382 e. The van der Waals surface area contributed by atoms with Crippen LogP contribution in [-0.2, 0) is 11.2 Å². The van der Waals surface area contributed by atoms with E-state index in [2.05, 4.69) is 30.1 Å². The van der Waals surface area contributed by atoms with Gasteiger partial charge in [0.25, 0.3) is 0 Å². The number of ether oxygens (including phenoxy) is 1. The fourth-order valence-corrected chi connectivity index (χ4v) is 4.39. The number of halogens is 1. The third-order valence-electron chi connectivity index (χ3n) is 6.06. The predicted molar refractivity (Wildman–Crippen MR) is 125 cm³/mol. The van der Waals surface area contributed by atoms with Crippen LogP contribution in [0.1, 0.15) is 5.56 Å². The van der Waals surface area contributed by atoms with E-state index in [1.807, 2.05) is 24.3 Å². The van der Waals surface area contributed by atoms with E-state index in [4.69, 9.17) is 16.2 Å². The van der Waals surface area contributed by atoms with E-state index in [-0.39, 0.29) is 17.9 Å². The number of morpholine rings is 1. The molecule has 0 amide bonds. The minimum absolute atomic E-state index is 0.191. The second-order valence-electron chi connectivity index (χ2n) is 8.20. The quantitative estimate of drug-likeness (QED) is 0.443. The van der Waals surface area contributed by atoms with Crippen molar-refractivity contribution in [2.24, 2.45) is 4.99 Å². The van der Waals surface area contributed by atoms with Crippen molar-refractivity contribution in [3.63, 3.8) is 0 Å². The zero-order valence-corrected chi connectivity index (χ0v) is 17.6. The number of fused-ring (bicyclic) bond motifs is 2. The van der Waals surface area contributed by atoms with Gasteiger partial charge in [0.2, 0.25) is 5.95 Å². The summed E-state index contributed by atoms with van der Waals surface area (Å²) in [6.45, 7) is 1.76. The highest BCUT2D eigenvalue weighted by molar-refractivity contribution is 5.97. The molecule has 0 saturated carbocycles. The number of aromatic nitrogens is 4. The van der Waals surface area contributed by atoms with Crippen LogP contribution in [0.3, 0.4) is 0 Å². The molecular weight excluding hydrogens is 423 g/mol. The second-order valence-corrected chi connectivity index (χ2v) is 8.20. The molecule has 4 heterocycles. The van der Waals surface area contributed by atoms with Crippen molar-refractivity contribution in [3.05, 3.63) is 53.8 Å². The lowest BCUT2D eigenvalue weighted by Gasteiger charge is -2.34. The maximum atomic E-state index is 13.6. The standard InChI is InChI=1S/C23H21FN8O/c24-14-3-1-12-8-19(27-16(12)9-14)20-11-32(5-6-33-20)21-10-17(28-23(26)29-21)13-2-4-15-18(7-13)30-31-22(15)25/h1-4,7,9-10,20H,5-6,8,11H2,(H3,25,30,31)(H2,26,28,29). The Hall–Kier alpha value is -4.05. The molecule has 1 unspecified atom stereocenters. The zero-order chi connectivity index (χ0) is 22.5. The molecule has 0 radical (unpaired) electrons. The summed E-state index contributed by atoms with van der Waals surface area (Å²) in [5.74, 6) is 1.08. The number of benzene rings is 2. The number of hydrogen-bond acceptors (Lipinski definition) is 8. The van der Waals surface area contributed by atoms with Crippen LogP contribution in [0.25, 0.3) is 22.2 Å². The van der Waals surface area contributed by atoms with Gasteiger partial charge in [0.1, 0.15) is 17.7 Å². The summed E-state index contributed by atoms with van der Waals surface area (Å²) in [5, 5.41) is 7.83.